The van der Waals surface area contributed by atoms with E-state index in [0.717, 1.165) is 49.7 Å². The highest BCUT2D eigenvalue weighted by atomic mass is 16.7. The summed E-state index contributed by atoms with van der Waals surface area (Å²) in [6.07, 6.45) is 10.5. The highest BCUT2D eigenvalue weighted by Gasteiger charge is 2.24. The van der Waals surface area contributed by atoms with Crippen LogP contribution in [0, 0.1) is 0 Å². The van der Waals surface area contributed by atoms with Crippen LogP contribution in [0.1, 0.15) is 103 Å². The summed E-state index contributed by atoms with van der Waals surface area (Å²) in [6, 6.07) is 7.48. The molecule has 0 heterocycles. The summed E-state index contributed by atoms with van der Waals surface area (Å²) in [5.74, 6) is 0.940. The van der Waals surface area contributed by atoms with Crippen molar-refractivity contribution < 1.29 is 28.5 Å². The Morgan fingerprint density at radius 2 is 0.972 bits per heavy atom. The van der Waals surface area contributed by atoms with Crippen molar-refractivity contribution in [2.45, 2.75) is 105 Å². The highest BCUT2D eigenvalue weighted by Crippen LogP contribution is 2.42. The Kier molecular flexibility index (Phi) is 13.8. The number of carbonyl (C=O) groups is 2. The largest absolute Gasteiger partial charge is 0.513 e. The molecule has 0 saturated heterocycles. The molecule has 2 rings (SSSR count). The Morgan fingerprint density at radius 3 is 1.33 bits per heavy atom. The lowest BCUT2D eigenvalue weighted by atomic mass is 9.94. The fourth-order valence-corrected chi connectivity index (χ4v) is 4.41. The van der Waals surface area contributed by atoms with Crippen molar-refractivity contribution in [3.05, 3.63) is 35.4 Å². The van der Waals surface area contributed by atoms with Gasteiger partial charge in [0.2, 0.25) is 0 Å². The van der Waals surface area contributed by atoms with Gasteiger partial charge in [-0.1, -0.05) is 103 Å². The van der Waals surface area contributed by atoms with Gasteiger partial charge in [-0.05, 0) is 25.7 Å². The summed E-state index contributed by atoms with van der Waals surface area (Å²) in [7, 11) is 0. The van der Waals surface area contributed by atoms with E-state index < -0.39 is 12.3 Å². The van der Waals surface area contributed by atoms with Gasteiger partial charge >= 0.3 is 12.3 Å². The first kappa shape index (κ1) is 29.5. The van der Waals surface area contributed by atoms with Gasteiger partial charge in [0.25, 0.3) is 0 Å². The summed E-state index contributed by atoms with van der Waals surface area (Å²) >= 11 is 0. The molecule has 2 aromatic carbocycles. The first-order chi connectivity index (χ1) is 17.6. The summed E-state index contributed by atoms with van der Waals surface area (Å²) in [6.45, 7) is 9.01. The molecule has 200 valence electrons. The summed E-state index contributed by atoms with van der Waals surface area (Å²) in [5, 5.41) is 1.41. The molecule has 0 amide bonds. The molecule has 6 nitrogen and oxygen atoms in total. The van der Waals surface area contributed by atoms with Crippen molar-refractivity contribution in [1.82, 2.24) is 0 Å². The Bertz CT molecular complexity index is 876. The second kappa shape index (κ2) is 16.8. The zero-order chi connectivity index (χ0) is 26.2. The number of hydrogen-bond acceptors (Lipinski definition) is 6. The molecule has 0 spiro atoms. The molecule has 0 aliphatic heterocycles. The van der Waals surface area contributed by atoms with E-state index in [1.54, 1.807) is 0 Å². The van der Waals surface area contributed by atoms with E-state index in [-0.39, 0.29) is 0 Å². The number of carbonyl (C=O) groups excluding carboxylic acids is 2. The van der Waals surface area contributed by atoms with Crippen molar-refractivity contribution >= 4 is 23.1 Å². The Morgan fingerprint density at radius 1 is 0.583 bits per heavy atom. The smallest absolute Gasteiger partial charge is 0.434 e. The Balaban J connectivity index is 2.18. The zero-order valence-corrected chi connectivity index (χ0v) is 22.7. The molecule has 0 bridgehead atoms. The van der Waals surface area contributed by atoms with Crippen LogP contribution in [0.4, 0.5) is 9.59 Å². The maximum Gasteiger partial charge on any atom is 0.513 e. The van der Waals surface area contributed by atoms with Crippen LogP contribution in [-0.4, -0.2) is 25.5 Å². The molecular weight excluding hydrogens is 456 g/mol. The third-order valence-electron chi connectivity index (χ3n) is 6.34. The van der Waals surface area contributed by atoms with Crippen LogP contribution < -0.4 is 9.47 Å². The van der Waals surface area contributed by atoms with Gasteiger partial charge in [0.1, 0.15) is 11.5 Å². The van der Waals surface area contributed by atoms with Crippen LogP contribution in [0.15, 0.2) is 24.3 Å². The second-order valence-corrected chi connectivity index (χ2v) is 9.10. The van der Waals surface area contributed by atoms with Gasteiger partial charge in [-0.25, -0.2) is 9.59 Å². The molecule has 0 aliphatic carbocycles. The molecule has 0 atom stereocenters. The predicted molar refractivity (Wildman–Crippen MR) is 144 cm³/mol. The quantitative estimate of drug-likeness (QED) is 0.130. The molecule has 0 aliphatic rings. The number of benzene rings is 2. The SMILES string of the molecule is CCCCCCCOC(=O)Oc1c(CC)c(CC)c(OC(=O)OCCCCCCC)c2ccccc12. The Hall–Kier alpha value is -2.76. The van der Waals surface area contributed by atoms with E-state index >= 15 is 0 Å². The second-order valence-electron chi connectivity index (χ2n) is 9.10. The van der Waals surface area contributed by atoms with E-state index in [1.165, 1.54) is 25.7 Å². The van der Waals surface area contributed by atoms with Crippen LogP contribution in [-0.2, 0) is 22.3 Å². The molecule has 0 aromatic heterocycles. The van der Waals surface area contributed by atoms with E-state index in [4.69, 9.17) is 18.9 Å². The van der Waals surface area contributed by atoms with Gasteiger partial charge in [0, 0.05) is 21.9 Å². The highest BCUT2D eigenvalue weighted by molar-refractivity contribution is 5.98. The lowest BCUT2D eigenvalue weighted by Gasteiger charge is -2.20. The van der Waals surface area contributed by atoms with E-state index in [2.05, 4.69) is 13.8 Å². The maximum absolute atomic E-state index is 12.5. The minimum absolute atomic E-state index is 0.341. The van der Waals surface area contributed by atoms with Gasteiger partial charge in [0.15, 0.2) is 0 Å². The molecule has 2 aromatic rings. The van der Waals surface area contributed by atoms with E-state index in [1.807, 2.05) is 38.1 Å². The van der Waals surface area contributed by atoms with Crippen LogP contribution in [0.3, 0.4) is 0 Å². The first-order valence-corrected chi connectivity index (χ1v) is 13.8. The third kappa shape index (κ3) is 9.03. The first-order valence-electron chi connectivity index (χ1n) is 13.8. The lowest BCUT2D eigenvalue weighted by molar-refractivity contribution is 0.0953. The molecule has 0 N–H and O–H groups in total. The molecule has 0 saturated carbocycles. The average molecular weight is 501 g/mol. The standard InChI is InChI=1S/C30H44O6/c1-5-9-11-13-17-21-33-29(31)35-27-23(7-3)24(8-4)28(26-20-16-15-19-25(26)27)36-30(32)34-22-18-14-12-10-6-2/h15-16,19-20H,5-14,17-18,21-22H2,1-4H3. The van der Waals surface area contributed by atoms with Gasteiger partial charge in [0.05, 0.1) is 13.2 Å². The fraction of sp³-hybridized carbons (Fsp3) is 0.600. The zero-order valence-electron chi connectivity index (χ0n) is 22.7. The third-order valence-corrected chi connectivity index (χ3v) is 6.34. The van der Waals surface area contributed by atoms with Crippen molar-refractivity contribution in [2.75, 3.05) is 13.2 Å². The summed E-state index contributed by atoms with van der Waals surface area (Å²) in [4.78, 5) is 25.1. The number of fused-ring (bicyclic) bond motifs is 1. The van der Waals surface area contributed by atoms with E-state index in [0.29, 0.717) is 48.3 Å². The van der Waals surface area contributed by atoms with Gasteiger partial charge in [-0.3, -0.25) is 0 Å². The topological polar surface area (TPSA) is 71.1 Å². The lowest BCUT2D eigenvalue weighted by Crippen LogP contribution is -2.16. The minimum atomic E-state index is -0.705. The molecule has 0 radical (unpaired) electrons. The van der Waals surface area contributed by atoms with Crippen molar-refractivity contribution in [3.63, 3.8) is 0 Å². The van der Waals surface area contributed by atoms with Gasteiger partial charge < -0.3 is 18.9 Å². The van der Waals surface area contributed by atoms with Gasteiger partial charge in [-0.2, -0.15) is 0 Å². The van der Waals surface area contributed by atoms with Crippen molar-refractivity contribution in [1.29, 1.82) is 0 Å². The fourth-order valence-electron chi connectivity index (χ4n) is 4.41. The number of hydrogen-bond donors (Lipinski definition) is 0. The predicted octanol–water partition coefficient (Wildman–Crippen LogP) is 8.94. The number of ether oxygens (including phenoxy) is 4. The van der Waals surface area contributed by atoms with Crippen LogP contribution in [0.2, 0.25) is 0 Å². The summed E-state index contributed by atoms with van der Waals surface area (Å²) < 4.78 is 22.2. The molecule has 6 heteroatoms. The van der Waals surface area contributed by atoms with Crippen molar-refractivity contribution in [3.8, 4) is 11.5 Å². The Labute approximate surface area is 216 Å². The van der Waals surface area contributed by atoms with Crippen LogP contribution in [0.5, 0.6) is 11.5 Å². The van der Waals surface area contributed by atoms with Crippen LogP contribution >= 0.6 is 0 Å². The summed E-state index contributed by atoms with van der Waals surface area (Å²) in [5.41, 5.74) is 1.66. The van der Waals surface area contributed by atoms with E-state index in [9.17, 15) is 9.59 Å². The molecule has 36 heavy (non-hydrogen) atoms. The monoisotopic (exact) mass is 500 g/mol. The maximum atomic E-state index is 12.5. The minimum Gasteiger partial charge on any atom is -0.434 e. The van der Waals surface area contributed by atoms with Gasteiger partial charge in [-0.15, -0.1) is 0 Å². The molecular formula is C30H44O6. The normalized spacial score (nSPS) is 10.9. The number of unbranched alkanes of at least 4 members (excludes halogenated alkanes) is 8. The molecule has 0 unspecified atom stereocenters. The average Bonchev–Trinajstić information content (AvgIpc) is 2.89. The number of rotatable bonds is 16. The molecule has 0 fully saturated rings. The van der Waals surface area contributed by atoms with Crippen LogP contribution in [0.25, 0.3) is 10.8 Å². The van der Waals surface area contributed by atoms with Crippen molar-refractivity contribution in [2.24, 2.45) is 0 Å².